The molecule has 2 N–H and O–H groups in total. The van der Waals surface area contributed by atoms with Crippen LogP contribution >= 0.6 is 22.6 Å². The fourth-order valence-corrected chi connectivity index (χ4v) is 1.21. The summed E-state index contributed by atoms with van der Waals surface area (Å²) >= 11 is 2.04. The molecule has 0 aromatic heterocycles. The van der Waals surface area contributed by atoms with Gasteiger partial charge in [-0.05, 0) is 40.8 Å². The van der Waals surface area contributed by atoms with Gasteiger partial charge in [-0.2, -0.15) is 0 Å². The van der Waals surface area contributed by atoms with E-state index < -0.39 is 0 Å². The van der Waals surface area contributed by atoms with E-state index in [9.17, 15) is 4.39 Å². The fraction of sp³-hybridized carbons (Fsp3) is 0.250. The summed E-state index contributed by atoms with van der Waals surface area (Å²) < 4.78 is 18.9. The molecule has 0 aliphatic heterocycles. The molecule has 1 rings (SSSR count). The third-order valence-corrected chi connectivity index (χ3v) is 1.94. The molecule has 1 aromatic rings. The quantitative estimate of drug-likeness (QED) is 0.857. The highest BCUT2D eigenvalue weighted by Crippen LogP contribution is 2.18. The first-order valence-electron chi connectivity index (χ1n) is 3.52. The van der Waals surface area contributed by atoms with Crippen molar-refractivity contribution in [3.63, 3.8) is 0 Å². The van der Waals surface area contributed by atoms with Crippen LogP contribution in [0.3, 0.4) is 0 Å². The molecule has 0 saturated carbocycles. The predicted molar refractivity (Wildman–Crippen MR) is 53.7 cm³/mol. The van der Waals surface area contributed by atoms with Gasteiger partial charge in [-0.3, -0.25) is 0 Å². The third-order valence-electron chi connectivity index (χ3n) is 1.27. The highest BCUT2D eigenvalue weighted by atomic mass is 127. The molecular formula is C8H9FINO. The van der Waals surface area contributed by atoms with E-state index in [2.05, 4.69) is 0 Å². The maximum absolute atomic E-state index is 13.0. The van der Waals surface area contributed by atoms with Crippen molar-refractivity contribution in [3.05, 3.63) is 27.6 Å². The minimum Gasteiger partial charge on any atom is -0.489 e. The number of rotatable bonds is 3. The minimum atomic E-state index is -0.338. The van der Waals surface area contributed by atoms with E-state index in [1.54, 1.807) is 12.1 Å². The summed E-state index contributed by atoms with van der Waals surface area (Å²) in [5, 5.41) is 0. The van der Waals surface area contributed by atoms with Gasteiger partial charge in [0.05, 0.1) is 0 Å². The molecule has 0 atom stereocenters. The Balaban J connectivity index is 2.72. The van der Waals surface area contributed by atoms with Gasteiger partial charge in [-0.15, -0.1) is 0 Å². The van der Waals surface area contributed by atoms with Crippen molar-refractivity contribution >= 4 is 22.6 Å². The number of benzene rings is 1. The highest BCUT2D eigenvalue weighted by Gasteiger charge is 2.01. The molecule has 1 aromatic carbocycles. The van der Waals surface area contributed by atoms with E-state index >= 15 is 0 Å². The van der Waals surface area contributed by atoms with Crippen LogP contribution < -0.4 is 10.5 Å². The molecule has 0 bridgehead atoms. The molecule has 4 heteroatoms. The zero-order valence-corrected chi connectivity index (χ0v) is 8.55. The van der Waals surface area contributed by atoms with Crippen LogP contribution in [0.1, 0.15) is 0 Å². The highest BCUT2D eigenvalue weighted by molar-refractivity contribution is 14.1. The van der Waals surface area contributed by atoms with Crippen LogP contribution in [0.25, 0.3) is 0 Å². The molecule has 0 fully saturated rings. The summed E-state index contributed by atoms with van der Waals surface area (Å²) in [6.07, 6.45) is 0. The van der Waals surface area contributed by atoms with Gasteiger partial charge in [0.2, 0.25) is 0 Å². The zero-order chi connectivity index (χ0) is 8.97. The molecule has 0 heterocycles. The van der Waals surface area contributed by atoms with Crippen LogP contribution in [0.5, 0.6) is 5.75 Å². The Kier molecular flexibility index (Phi) is 3.74. The Labute approximate surface area is 84.0 Å². The van der Waals surface area contributed by atoms with Crippen molar-refractivity contribution in [2.24, 2.45) is 5.73 Å². The topological polar surface area (TPSA) is 35.2 Å². The summed E-state index contributed by atoms with van der Waals surface area (Å²) in [5.74, 6) is -0.0729. The average Bonchev–Trinajstić information content (AvgIpc) is 2.03. The summed E-state index contributed by atoms with van der Waals surface area (Å²) in [5.41, 5.74) is 5.21. The number of hydrogen-bond donors (Lipinski definition) is 1. The van der Waals surface area contributed by atoms with Crippen molar-refractivity contribution in [2.75, 3.05) is 13.2 Å². The maximum Gasteiger partial charge on any atom is 0.166 e. The van der Waals surface area contributed by atoms with Crippen LogP contribution in [0.15, 0.2) is 18.2 Å². The monoisotopic (exact) mass is 281 g/mol. The lowest BCUT2D eigenvalue weighted by atomic mass is 10.3. The van der Waals surface area contributed by atoms with Gasteiger partial charge in [0.25, 0.3) is 0 Å². The molecule has 0 radical (unpaired) electrons. The smallest absolute Gasteiger partial charge is 0.166 e. The second-order valence-corrected chi connectivity index (χ2v) is 3.46. The van der Waals surface area contributed by atoms with E-state index in [4.69, 9.17) is 10.5 Å². The second kappa shape index (κ2) is 4.61. The van der Waals surface area contributed by atoms with Crippen molar-refractivity contribution in [1.29, 1.82) is 0 Å². The standard InChI is InChI=1S/C8H9FINO/c9-7-5-6(10)1-2-8(7)12-4-3-11/h1-2,5H,3-4,11H2. The first kappa shape index (κ1) is 9.73. The van der Waals surface area contributed by atoms with Gasteiger partial charge >= 0.3 is 0 Å². The number of halogens is 2. The summed E-state index contributed by atoms with van der Waals surface area (Å²) in [6, 6.07) is 4.81. The maximum atomic E-state index is 13.0. The number of hydrogen-bond acceptors (Lipinski definition) is 2. The van der Waals surface area contributed by atoms with Gasteiger partial charge in [0.1, 0.15) is 6.61 Å². The van der Waals surface area contributed by atoms with Crippen LogP contribution in [0.2, 0.25) is 0 Å². The fourth-order valence-electron chi connectivity index (χ4n) is 0.761. The first-order valence-corrected chi connectivity index (χ1v) is 4.60. The SMILES string of the molecule is NCCOc1ccc(I)cc1F. The molecule has 0 spiro atoms. The molecule has 12 heavy (non-hydrogen) atoms. The normalized spacial score (nSPS) is 9.92. The largest absolute Gasteiger partial charge is 0.489 e. The minimum absolute atomic E-state index is 0.265. The summed E-state index contributed by atoms with van der Waals surface area (Å²) in [4.78, 5) is 0. The van der Waals surface area contributed by atoms with Gasteiger partial charge in [-0.25, -0.2) is 4.39 Å². The third kappa shape index (κ3) is 2.60. The Hall–Kier alpha value is -0.360. The average molecular weight is 281 g/mol. The second-order valence-electron chi connectivity index (χ2n) is 2.21. The van der Waals surface area contributed by atoms with Crippen LogP contribution in [-0.4, -0.2) is 13.2 Å². The van der Waals surface area contributed by atoms with Gasteiger partial charge in [0, 0.05) is 10.1 Å². The number of ether oxygens (including phenoxy) is 1. The molecule has 0 aliphatic carbocycles. The molecule has 66 valence electrons. The van der Waals surface area contributed by atoms with Crippen molar-refractivity contribution in [2.45, 2.75) is 0 Å². The van der Waals surface area contributed by atoms with Crippen molar-refractivity contribution < 1.29 is 9.13 Å². The van der Waals surface area contributed by atoms with E-state index in [1.165, 1.54) is 6.07 Å². The van der Waals surface area contributed by atoms with Gasteiger partial charge < -0.3 is 10.5 Å². The lowest BCUT2D eigenvalue weighted by Crippen LogP contribution is -2.11. The number of nitrogens with two attached hydrogens (primary N) is 1. The summed E-state index contributed by atoms with van der Waals surface area (Å²) in [7, 11) is 0. The molecule has 0 amide bonds. The lowest BCUT2D eigenvalue weighted by Gasteiger charge is -2.04. The predicted octanol–water partition coefficient (Wildman–Crippen LogP) is 1.77. The Bertz CT molecular complexity index is 267. The van der Waals surface area contributed by atoms with E-state index in [0.717, 1.165) is 3.57 Å². The molecule has 0 aliphatic rings. The first-order chi connectivity index (χ1) is 5.74. The Morgan fingerprint density at radius 3 is 2.83 bits per heavy atom. The van der Waals surface area contributed by atoms with E-state index in [-0.39, 0.29) is 11.6 Å². The Morgan fingerprint density at radius 1 is 1.50 bits per heavy atom. The van der Waals surface area contributed by atoms with Crippen molar-refractivity contribution in [3.8, 4) is 5.75 Å². The van der Waals surface area contributed by atoms with Crippen LogP contribution in [0.4, 0.5) is 4.39 Å². The molecule has 0 saturated heterocycles. The van der Waals surface area contributed by atoms with Gasteiger partial charge in [0.15, 0.2) is 11.6 Å². The van der Waals surface area contributed by atoms with E-state index in [0.29, 0.717) is 13.2 Å². The van der Waals surface area contributed by atoms with Crippen molar-refractivity contribution in [1.82, 2.24) is 0 Å². The Morgan fingerprint density at radius 2 is 2.25 bits per heavy atom. The summed E-state index contributed by atoms with van der Waals surface area (Å²) in [6.45, 7) is 0.739. The molecular weight excluding hydrogens is 272 g/mol. The van der Waals surface area contributed by atoms with E-state index in [1.807, 2.05) is 22.6 Å². The van der Waals surface area contributed by atoms with Crippen LogP contribution in [-0.2, 0) is 0 Å². The van der Waals surface area contributed by atoms with Gasteiger partial charge in [-0.1, -0.05) is 0 Å². The molecule has 0 unspecified atom stereocenters. The van der Waals surface area contributed by atoms with Crippen LogP contribution in [0, 0.1) is 9.39 Å². The molecule has 2 nitrogen and oxygen atoms in total. The lowest BCUT2D eigenvalue weighted by molar-refractivity contribution is 0.311. The zero-order valence-electron chi connectivity index (χ0n) is 6.39.